The summed E-state index contributed by atoms with van der Waals surface area (Å²) in [5.41, 5.74) is 5.77. The molecule has 70 valence electrons. The van der Waals surface area contributed by atoms with Gasteiger partial charge in [-0.1, -0.05) is 13.8 Å². The first-order chi connectivity index (χ1) is 5.27. The minimum Gasteiger partial charge on any atom is -0.464 e. The van der Waals surface area contributed by atoms with Crippen LogP contribution in [-0.2, 0) is 6.42 Å². The zero-order chi connectivity index (χ0) is 8.27. The van der Waals surface area contributed by atoms with Gasteiger partial charge in [-0.15, -0.1) is 12.4 Å². The number of hydrogen-bond donors (Lipinski definition) is 1. The van der Waals surface area contributed by atoms with Crippen LogP contribution in [0.25, 0.3) is 0 Å². The van der Waals surface area contributed by atoms with Gasteiger partial charge in [-0.05, 0) is 18.6 Å². The van der Waals surface area contributed by atoms with Gasteiger partial charge in [0.05, 0.1) is 6.04 Å². The zero-order valence-corrected chi connectivity index (χ0v) is 8.36. The molecule has 0 saturated carbocycles. The van der Waals surface area contributed by atoms with Crippen molar-refractivity contribution in [2.45, 2.75) is 32.7 Å². The third-order valence-electron chi connectivity index (χ3n) is 1.84. The molecule has 0 aliphatic heterocycles. The van der Waals surface area contributed by atoms with Gasteiger partial charge in [-0.2, -0.15) is 0 Å². The second kappa shape index (κ2) is 5.22. The zero-order valence-electron chi connectivity index (χ0n) is 7.54. The van der Waals surface area contributed by atoms with E-state index in [1.165, 1.54) is 0 Å². The van der Waals surface area contributed by atoms with Crippen molar-refractivity contribution in [1.29, 1.82) is 0 Å². The Balaban J connectivity index is 0.00000121. The molecule has 1 heterocycles. The maximum atomic E-state index is 5.77. The molecule has 3 heteroatoms. The number of hydrogen-bond acceptors (Lipinski definition) is 2. The maximum Gasteiger partial charge on any atom is 0.120 e. The second-order valence-electron chi connectivity index (χ2n) is 2.67. The highest BCUT2D eigenvalue weighted by molar-refractivity contribution is 5.85. The Morgan fingerprint density at radius 1 is 1.42 bits per heavy atom. The third-order valence-corrected chi connectivity index (χ3v) is 1.84. The first-order valence-electron chi connectivity index (χ1n) is 4.12. The van der Waals surface area contributed by atoms with Crippen molar-refractivity contribution in [1.82, 2.24) is 0 Å². The molecule has 0 amide bonds. The molecule has 0 aromatic carbocycles. The first kappa shape index (κ1) is 11.5. The fraction of sp³-hybridized carbons (Fsp3) is 0.556. The summed E-state index contributed by atoms with van der Waals surface area (Å²) < 4.78 is 5.46. The lowest BCUT2D eigenvalue weighted by Gasteiger charge is -2.02. The SMILES string of the molecule is CCc1ccc([C@@H](N)CC)o1.Cl. The average Bonchev–Trinajstić information content (AvgIpc) is 2.50. The Kier molecular flexibility index (Phi) is 5.02. The topological polar surface area (TPSA) is 39.2 Å². The van der Waals surface area contributed by atoms with Gasteiger partial charge in [0.15, 0.2) is 0 Å². The molecular weight excluding hydrogens is 174 g/mol. The van der Waals surface area contributed by atoms with Crippen LogP contribution in [0, 0.1) is 0 Å². The fourth-order valence-corrected chi connectivity index (χ4v) is 0.985. The number of nitrogens with two attached hydrogens (primary N) is 1. The van der Waals surface area contributed by atoms with Gasteiger partial charge in [0, 0.05) is 6.42 Å². The van der Waals surface area contributed by atoms with Gasteiger partial charge < -0.3 is 10.2 Å². The molecule has 0 aliphatic rings. The van der Waals surface area contributed by atoms with Crippen molar-refractivity contribution in [3.63, 3.8) is 0 Å². The van der Waals surface area contributed by atoms with E-state index < -0.39 is 0 Å². The number of rotatable bonds is 3. The smallest absolute Gasteiger partial charge is 0.120 e. The van der Waals surface area contributed by atoms with E-state index in [1.54, 1.807) is 0 Å². The van der Waals surface area contributed by atoms with Crippen LogP contribution in [-0.4, -0.2) is 0 Å². The first-order valence-corrected chi connectivity index (χ1v) is 4.12. The highest BCUT2D eigenvalue weighted by Crippen LogP contribution is 2.16. The molecule has 1 rings (SSSR count). The van der Waals surface area contributed by atoms with Gasteiger partial charge in [-0.25, -0.2) is 0 Å². The summed E-state index contributed by atoms with van der Waals surface area (Å²) >= 11 is 0. The van der Waals surface area contributed by atoms with E-state index >= 15 is 0 Å². The lowest BCUT2D eigenvalue weighted by Crippen LogP contribution is -2.06. The van der Waals surface area contributed by atoms with Crippen LogP contribution in [0.3, 0.4) is 0 Å². The summed E-state index contributed by atoms with van der Waals surface area (Å²) in [4.78, 5) is 0. The predicted octanol–water partition coefficient (Wildman–Crippen LogP) is 2.67. The summed E-state index contributed by atoms with van der Waals surface area (Å²) in [6.45, 7) is 4.12. The van der Waals surface area contributed by atoms with Gasteiger partial charge >= 0.3 is 0 Å². The van der Waals surface area contributed by atoms with Crippen molar-refractivity contribution in [3.05, 3.63) is 23.7 Å². The number of aryl methyl sites for hydroxylation is 1. The standard InChI is InChI=1S/C9H15NO.ClH/c1-3-7-5-6-9(11-7)8(10)4-2;/h5-6,8H,3-4,10H2,1-2H3;1H/t8-;/m0./s1. The van der Waals surface area contributed by atoms with Crippen molar-refractivity contribution >= 4 is 12.4 Å². The van der Waals surface area contributed by atoms with Crippen LogP contribution < -0.4 is 5.73 Å². The molecule has 2 nitrogen and oxygen atoms in total. The minimum absolute atomic E-state index is 0. The molecule has 0 spiro atoms. The summed E-state index contributed by atoms with van der Waals surface area (Å²) in [7, 11) is 0. The van der Waals surface area contributed by atoms with Gasteiger partial charge in [0.1, 0.15) is 11.5 Å². The molecule has 12 heavy (non-hydrogen) atoms. The van der Waals surface area contributed by atoms with Crippen molar-refractivity contribution in [2.24, 2.45) is 5.73 Å². The van der Waals surface area contributed by atoms with E-state index in [9.17, 15) is 0 Å². The number of furan rings is 1. The van der Waals surface area contributed by atoms with Crippen LogP contribution >= 0.6 is 12.4 Å². The monoisotopic (exact) mass is 189 g/mol. The van der Waals surface area contributed by atoms with Crippen molar-refractivity contribution < 1.29 is 4.42 Å². The van der Waals surface area contributed by atoms with E-state index in [4.69, 9.17) is 10.2 Å². The van der Waals surface area contributed by atoms with Crippen LogP contribution in [0.5, 0.6) is 0 Å². The minimum atomic E-state index is 0. The van der Waals surface area contributed by atoms with Crippen molar-refractivity contribution in [2.75, 3.05) is 0 Å². The van der Waals surface area contributed by atoms with E-state index in [2.05, 4.69) is 13.8 Å². The van der Waals surface area contributed by atoms with Gasteiger partial charge in [-0.3, -0.25) is 0 Å². The molecule has 0 aliphatic carbocycles. The molecule has 1 aromatic heterocycles. The lowest BCUT2D eigenvalue weighted by molar-refractivity contribution is 0.431. The van der Waals surface area contributed by atoms with Crippen molar-refractivity contribution in [3.8, 4) is 0 Å². The Bertz CT molecular complexity index is 222. The maximum absolute atomic E-state index is 5.77. The van der Waals surface area contributed by atoms with Crippen LogP contribution in [0.1, 0.15) is 37.8 Å². The molecular formula is C9H16ClNO. The van der Waals surface area contributed by atoms with E-state index in [0.717, 1.165) is 24.4 Å². The Labute approximate surface area is 79.5 Å². The summed E-state index contributed by atoms with van der Waals surface area (Å²) in [6, 6.07) is 4.02. The Morgan fingerprint density at radius 2 is 2.08 bits per heavy atom. The summed E-state index contributed by atoms with van der Waals surface area (Å²) in [5, 5.41) is 0. The summed E-state index contributed by atoms with van der Waals surface area (Å²) in [6.07, 6.45) is 1.87. The molecule has 1 atom stereocenters. The molecule has 0 bridgehead atoms. The van der Waals surface area contributed by atoms with E-state index in [1.807, 2.05) is 12.1 Å². The fourth-order valence-electron chi connectivity index (χ4n) is 0.985. The van der Waals surface area contributed by atoms with Crippen LogP contribution in [0.2, 0.25) is 0 Å². The molecule has 0 unspecified atom stereocenters. The molecule has 1 aromatic rings. The molecule has 2 N–H and O–H groups in total. The largest absolute Gasteiger partial charge is 0.464 e. The third kappa shape index (κ3) is 2.54. The predicted molar refractivity (Wildman–Crippen MR) is 52.6 cm³/mol. The van der Waals surface area contributed by atoms with Crippen LogP contribution in [0.15, 0.2) is 16.5 Å². The Morgan fingerprint density at radius 3 is 2.50 bits per heavy atom. The second-order valence-corrected chi connectivity index (χ2v) is 2.67. The quantitative estimate of drug-likeness (QED) is 0.794. The van der Waals surface area contributed by atoms with Crippen LogP contribution in [0.4, 0.5) is 0 Å². The van der Waals surface area contributed by atoms with E-state index in [-0.39, 0.29) is 18.4 Å². The summed E-state index contributed by atoms with van der Waals surface area (Å²) in [5.74, 6) is 1.92. The molecule has 0 fully saturated rings. The average molecular weight is 190 g/mol. The van der Waals surface area contributed by atoms with E-state index in [0.29, 0.717) is 0 Å². The van der Waals surface area contributed by atoms with Gasteiger partial charge in [0.25, 0.3) is 0 Å². The molecule has 0 saturated heterocycles. The highest BCUT2D eigenvalue weighted by Gasteiger charge is 2.06. The number of halogens is 1. The normalized spacial score (nSPS) is 12.2. The highest BCUT2D eigenvalue weighted by atomic mass is 35.5. The van der Waals surface area contributed by atoms with Gasteiger partial charge in [0.2, 0.25) is 0 Å². The Hall–Kier alpha value is -0.470. The lowest BCUT2D eigenvalue weighted by atomic mass is 10.2. The molecule has 0 radical (unpaired) electrons.